The molecule has 1 aliphatic heterocycles. The van der Waals surface area contributed by atoms with Crippen LogP contribution in [-0.2, 0) is 22.0 Å². The van der Waals surface area contributed by atoms with Crippen LogP contribution in [0.15, 0.2) is 6.20 Å². The van der Waals surface area contributed by atoms with Crippen molar-refractivity contribution < 1.29 is 8.42 Å². The van der Waals surface area contributed by atoms with Gasteiger partial charge >= 0.3 is 0 Å². The van der Waals surface area contributed by atoms with E-state index in [2.05, 4.69) is 4.98 Å². The number of fused-ring (bicyclic) bond motifs is 1. The van der Waals surface area contributed by atoms with Gasteiger partial charge in [-0.3, -0.25) is 0 Å². The van der Waals surface area contributed by atoms with Crippen LogP contribution in [0.5, 0.6) is 0 Å². The van der Waals surface area contributed by atoms with E-state index < -0.39 is 9.84 Å². The van der Waals surface area contributed by atoms with Gasteiger partial charge in [0.25, 0.3) is 0 Å². The molecule has 2 N–H and O–H groups in total. The van der Waals surface area contributed by atoms with Gasteiger partial charge in [-0.1, -0.05) is 0 Å². The summed E-state index contributed by atoms with van der Waals surface area (Å²) in [5, 5.41) is 8.89. The van der Waals surface area contributed by atoms with Crippen molar-refractivity contribution in [1.82, 2.24) is 4.98 Å². The molecule has 1 aromatic rings. The van der Waals surface area contributed by atoms with Crippen molar-refractivity contribution in [2.45, 2.75) is 12.2 Å². The third-order valence-corrected chi connectivity index (χ3v) is 4.03. The number of nitrogens with two attached hydrogens (primary N) is 1. The smallest absolute Gasteiger partial charge is 0.154 e. The van der Waals surface area contributed by atoms with Crippen LogP contribution in [0.3, 0.4) is 0 Å². The number of nitriles is 1. The Bertz CT molecular complexity index is 557. The summed E-state index contributed by atoms with van der Waals surface area (Å²) in [6, 6.07) is 1.97. The molecule has 0 aromatic carbocycles. The fraction of sp³-hybridized carbons (Fsp3) is 0.333. The molecule has 1 aliphatic rings. The van der Waals surface area contributed by atoms with Crippen LogP contribution < -0.4 is 5.73 Å². The first-order valence-electron chi connectivity index (χ1n) is 4.40. The number of aromatic nitrogens is 1. The SMILES string of the molecule is N#Cc1c(N)ncc2c1CCS(=O)(=O)C2. The molecule has 0 saturated carbocycles. The van der Waals surface area contributed by atoms with E-state index >= 15 is 0 Å². The number of nitrogen functional groups attached to an aromatic ring is 1. The second-order valence-corrected chi connectivity index (χ2v) is 5.66. The highest BCUT2D eigenvalue weighted by Gasteiger charge is 2.24. The molecular formula is C9H9N3O2S. The Balaban J connectivity index is 2.63. The largest absolute Gasteiger partial charge is 0.383 e. The summed E-state index contributed by atoms with van der Waals surface area (Å²) in [4.78, 5) is 3.82. The lowest BCUT2D eigenvalue weighted by Crippen LogP contribution is -2.21. The first-order chi connectivity index (χ1) is 7.03. The molecular weight excluding hydrogens is 214 g/mol. The van der Waals surface area contributed by atoms with Crippen molar-refractivity contribution in [1.29, 1.82) is 5.26 Å². The molecule has 0 spiro atoms. The second kappa shape index (κ2) is 3.21. The highest BCUT2D eigenvalue weighted by Crippen LogP contribution is 2.25. The molecule has 0 unspecified atom stereocenters. The number of sulfone groups is 1. The van der Waals surface area contributed by atoms with Gasteiger partial charge in [-0.15, -0.1) is 0 Å². The topological polar surface area (TPSA) is 96.8 Å². The van der Waals surface area contributed by atoms with Crippen LogP contribution in [0, 0.1) is 11.3 Å². The third-order valence-electron chi connectivity index (χ3n) is 2.46. The standard InChI is InChI=1S/C9H9N3O2S/c10-3-8-7-1-2-15(13,14)5-6(7)4-12-9(8)11/h4H,1-2,5H2,(H2,11,12). The van der Waals surface area contributed by atoms with Crippen LogP contribution in [0.25, 0.3) is 0 Å². The average molecular weight is 223 g/mol. The van der Waals surface area contributed by atoms with E-state index in [1.165, 1.54) is 6.20 Å². The first-order valence-corrected chi connectivity index (χ1v) is 6.22. The van der Waals surface area contributed by atoms with Gasteiger partial charge in [0, 0.05) is 6.20 Å². The summed E-state index contributed by atoms with van der Waals surface area (Å²) < 4.78 is 22.7. The quantitative estimate of drug-likeness (QED) is 0.668. The van der Waals surface area contributed by atoms with E-state index in [0.29, 0.717) is 17.5 Å². The third kappa shape index (κ3) is 1.66. The minimum Gasteiger partial charge on any atom is -0.383 e. The molecule has 0 fully saturated rings. The van der Waals surface area contributed by atoms with Gasteiger partial charge < -0.3 is 5.73 Å². The van der Waals surface area contributed by atoms with Gasteiger partial charge in [0.15, 0.2) is 9.84 Å². The van der Waals surface area contributed by atoms with Crippen molar-refractivity contribution >= 4 is 15.7 Å². The molecule has 15 heavy (non-hydrogen) atoms. The Morgan fingerprint density at radius 3 is 2.93 bits per heavy atom. The zero-order chi connectivity index (χ0) is 11.1. The van der Waals surface area contributed by atoms with Crippen LogP contribution in [0.2, 0.25) is 0 Å². The number of nitrogens with zero attached hydrogens (tertiary/aromatic N) is 2. The predicted molar refractivity (Wildman–Crippen MR) is 54.6 cm³/mol. The van der Waals surface area contributed by atoms with Gasteiger partial charge in [0.2, 0.25) is 0 Å². The predicted octanol–water partition coefficient (Wildman–Crippen LogP) is 0.00638. The summed E-state index contributed by atoms with van der Waals surface area (Å²) >= 11 is 0. The highest BCUT2D eigenvalue weighted by atomic mass is 32.2. The van der Waals surface area contributed by atoms with Crippen molar-refractivity contribution in [2.75, 3.05) is 11.5 Å². The van der Waals surface area contributed by atoms with Crippen LogP contribution in [-0.4, -0.2) is 19.2 Å². The number of anilines is 1. The number of pyridine rings is 1. The van der Waals surface area contributed by atoms with E-state index in [4.69, 9.17) is 11.0 Å². The minimum absolute atomic E-state index is 0.0374. The lowest BCUT2D eigenvalue weighted by Gasteiger charge is -2.17. The molecule has 0 radical (unpaired) electrons. The molecule has 1 aromatic heterocycles. The Morgan fingerprint density at radius 2 is 2.27 bits per heavy atom. The maximum absolute atomic E-state index is 11.4. The van der Waals surface area contributed by atoms with Gasteiger partial charge in [-0.05, 0) is 17.5 Å². The Labute approximate surface area is 87.5 Å². The van der Waals surface area contributed by atoms with Crippen molar-refractivity contribution in [2.24, 2.45) is 0 Å². The van der Waals surface area contributed by atoms with Crippen molar-refractivity contribution in [3.63, 3.8) is 0 Å². The maximum atomic E-state index is 11.4. The molecule has 0 atom stereocenters. The van der Waals surface area contributed by atoms with E-state index in [1.54, 1.807) is 0 Å². The van der Waals surface area contributed by atoms with Crippen molar-refractivity contribution in [3.8, 4) is 6.07 Å². The lowest BCUT2D eigenvalue weighted by atomic mass is 10.0. The van der Waals surface area contributed by atoms with Crippen LogP contribution in [0.4, 0.5) is 5.82 Å². The summed E-state index contributed by atoms with van der Waals surface area (Å²) in [5.74, 6) is 0.221. The number of hydrogen-bond donors (Lipinski definition) is 1. The fourth-order valence-electron chi connectivity index (χ4n) is 1.71. The normalized spacial score (nSPS) is 17.8. The molecule has 0 aliphatic carbocycles. The zero-order valence-corrected chi connectivity index (χ0v) is 8.71. The summed E-state index contributed by atoms with van der Waals surface area (Å²) in [6.07, 6.45) is 1.80. The van der Waals surface area contributed by atoms with Crippen molar-refractivity contribution in [3.05, 3.63) is 22.9 Å². The molecule has 0 bridgehead atoms. The Morgan fingerprint density at radius 1 is 1.53 bits per heavy atom. The maximum Gasteiger partial charge on any atom is 0.154 e. The molecule has 5 nitrogen and oxygen atoms in total. The Hall–Kier alpha value is -1.61. The molecule has 2 heterocycles. The summed E-state index contributed by atoms with van der Waals surface area (Å²) in [7, 11) is -3.02. The van der Waals surface area contributed by atoms with Crippen LogP contribution in [0.1, 0.15) is 16.7 Å². The lowest BCUT2D eigenvalue weighted by molar-refractivity contribution is 0.591. The first kappa shape index (κ1) is 9.93. The molecule has 78 valence electrons. The minimum atomic E-state index is -3.02. The van der Waals surface area contributed by atoms with Crippen LogP contribution >= 0.6 is 0 Å². The molecule has 6 heteroatoms. The average Bonchev–Trinajstić information content (AvgIpc) is 2.17. The zero-order valence-electron chi connectivity index (χ0n) is 7.90. The van der Waals surface area contributed by atoms with E-state index in [-0.39, 0.29) is 17.3 Å². The van der Waals surface area contributed by atoms with Gasteiger partial charge in [0.1, 0.15) is 11.9 Å². The molecule has 2 rings (SSSR count). The van der Waals surface area contributed by atoms with E-state index in [0.717, 1.165) is 5.56 Å². The number of hydrogen-bond acceptors (Lipinski definition) is 5. The molecule has 0 amide bonds. The highest BCUT2D eigenvalue weighted by molar-refractivity contribution is 7.90. The fourth-order valence-corrected chi connectivity index (χ4v) is 3.09. The van der Waals surface area contributed by atoms with E-state index in [9.17, 15) is 8.42 Å². The second-order valence-electron chi connectivity index (χ2n) is 3.48. The van der Waals surface area contributed by atoms with Gasteiger partial charge in [-0.2, -0.15) is 5.26 Å². The summed E-state index contributed by atoms with van der Waals surface area (Å²) in [5.41, 5.74) is 7.20. The summed E-state index contributed by atoms with van der Waals surface area (Å²) in [6.45, 7) is 0. The van der Waals surface area contributed by atoms with Gasteiger partial charge in [0.05, 0.1) is 17.1 Å². The molecule has 0 saturated heterocycles. The monoisotopic (exact) mass is 223 g/mol. The van der Waals surface area contributed by atoms with Gasteiger partial charge in [-0.25, -0.2) is 13.4 Å². The Kier molecular flexibility index (Phi) is 2.12. The number of rotatable bonds is 0. The van der Waals surface area contributed by atoms with E-state index in [1.807, 2.05) is 6.07 Å².